The van der Waals surface area contributed by atoms with Crippen molar-refractivity contribution in [3.8, 4) is 12.3 Å². The van der Waals surface area contributed by atoms with Crippen LogP contribution in [0.5, 0.6) is 0 Å². The van der Waals surface area contributed by atoms with Gasteiger partial charge in [-0.2, -0.15) is 0 Å². The minimum Gasteiger partial charge on any atom is -0.312 e. The average Bonchev–Trinajstić information content (AvgIpc) is 2.34. The molecule has 0 radical (unpaired) electrons. The average molecular weight is 233 g/mol. The third-order valence-corrected chi connectivity index (χ3v) is 3.29. The minimum atomic E-state index is 0.813. The molecule has 1 nitrogen and oxygen atoms in total. The first kappa shape index (κ1) is 13.2. The molecule has 16 heavy (non-hydrogen) atoms. The number of terminal acetylenes is 1. The van der Waals surface area contributed by atoms with E-state index in [1.807, 2.05) is 0 Å². The lowest BCUT2D eigenvalue weighted by molar-refractivity contribution is 0.726. The summed E-state index contributed by atoms with van der Waals surface area (Å²) in [6.07, 6.45) is 6.28. The molecule has 2 heteroatoms. The first-order valence-electron chi connectivity index (χ1n) is 5.67. The summed E-state index contributed by atoms with van der Waals surface area (Å²) >= 11 is 1.80. The molecule has 86 valence electrons. The van der Waals surface area contributed by atoms with Crippen molar-refractivity contribution in [3.63, 3.8) is 0 Å². The van der Waals surface area contributed by atoms with Crippen LogP contribution in [0, 0.1) is 12.3 Å². The zero-order valence-electron chi connectivity index (χ0n) is 9.83. The molecule has 0 saturated carbocycles. The molecule has 0 saturated heterocycles. The molecule has 0 aliphatic rings. The standard InChI is InChI=1S/C14H19NS/c1-3-10-16-11-9-15-12-14-8-6-5-7-13(14)4-2/h1,5-8,15H,4,9-12H2,2H3. The zero-order chi connectivity index (χ0) is 11.6. The first-order valence-corrected chi connectivity index (χ1v) is 6.82. The van der Waals surface area contributed by atoms with Crippen LogP contribution in [0.2, 0.25) is 0 Å². The first-order chi connectivity index (χ1) is 7.88. The van der Waals surface area contributed by atoms with E-state index in [1.54, 1.807) is 11.8 Å². The van der Waals surface area contributed by atoms with Gasteiger partial charge in [0.15, 0.2) is 0 Å². The van der Waals surface area contributed by atoms with E-state index >= 15 is 0 Å². The van der Waals surface area contributed by atoms with Crippen LogP contribution in [0.3, 0.4) is 0 Å². The molecule has 0 atom stereocenters. The fraction of sp³-hybridized carbons (Fsp3) is 0.429. The predicted octanol–water partition coefficient (Wildman–Crippen LogP) is 2.71. The number of nitrogens with one attached hydrogen (secondary N) is 1. The Kier molecular flexibility index (Phi) is 6.80. The van der Waals surface area contributed by atoms with Gasteiger partial charge in [-0.3, -0.25) is 0 Å². The fourth-order valence-electron chi connectivity index (χ4n) is 1.57. The second-order valence-electron chi connectivity index (χ2n) is 3.56. The largest absolute Gasteiger partial charge is 0.312 e. The van der Waals surface area contributed by atoms with Gasteiger partial charge in [0.2, 0.25) is 0 Å². The Hall–Kier alpha value is -0.910. The molecule has 0 fully saturated rings. The molecule has 1 aromatic rings. The van der Waals surface area contributed by atoms with Gasteiger partial charge >= 0.3 is 0 Å². The highest BCUT2D eigenvalue weighted by Gasteiger charge is 1.98. The van der Waals surface area contributed by atoms with Crippen molar-refractivity contribution in [3.05, 3.63) is 35.4 Å². The molecule has 1 N–H and O–H groups in total. The molecule has 0 aliphatic heterocycles. The normalized spacial score (nSPS) is 10.0. The third-order valence-electron chi connectivity index (χ3n) is 2.42. The van der Waals surface area contributed by atoms with Gasteiger partial charge < -0.3 is 5.32 Å². The second kappa shape index (κ2) is 8.27. The highest BCUT2D eigenvalue weighted by atomic mass is 32.2. The maximum atomic E-state index is 5.18. The predicted molar refractivity (Wildman–Crippen MR) is 73.7 cm³/mol. The van der Waals surface area contributed by atoms with Gasteiger partial charge in [0, 0.05) is 18.8 Å². The summed E-state index contributed by atoms with van der Waals surface area (Å²) in [6, 6.07) is 8.60. The molecule has 0 spiro atoms. The SMILES string of the molecule is C#CCSCCNCc1ccccc1CC. The Morgan fingerprint density at radius 3 is 2.75 bits per heavy atom. The summed E-state index contributed by atoms with van der Waals surface area (Å²) in [5, 5.41) is 3.45. The highest BCUT2D eigenvalue weighted by molar-refractivity contribution is 7.99. The summed E-state index contributed by atoms with van der Waals surface area (Å²) in [6.45, 7) is 4.17. The fourth-order valence-corrected chi connectivity index (χ4v) is 2.12. The van der Waals surface area contributed by atoms with E-state index in [0.717, 1.165) is 31.0 Å². The molecule has 0 unspecified atom stereocenters. The maximum Gasteiger partial charge on any atom is 0.0545 e. The Morgan fingerprint density at radius 1 is 1.31 bits per heavy atom. The second-order valence-corrected chi connectivity index (χ2v) is 4.66. The minimum absolute atomic E-state index is 0.813. The number of hydrogen-bond acceptors (Lipinski definition) is 2. The molecule has 0 aliphatic carbocycles. The van der Waals surface area contributed by atoms with Crippen LogP contribution in [0.4, 0.5) is 0 Å². The number of aryl methyl sites for hydroxylation is 1. The molecule has 1 rings (SSSR count). The highest BCUT2D eigenvalue weighted by Crippen LogP contribution is 2.08. The van der Waals surface area contributed by atoms with Crippen LogP contribution < -0.4 is 5.32 Å². The summed E-state index contributed by atoms with van der Waals surface area (Å²) in [7, 11) is 0. The molecule has 1 aromatic carbocycles. The lowest BCUT2D eigenvalue weighted by Gasteiger charge is -2.08. The number of thioether (sulfide) groups is 1. The monoisotopic (exact) mass is 233 g/mol. The van der Waals surface area contributed by atoms with Crippen LogP contribution in [-0.2, 0) is 13.0 Å². The summed E-state index contributed by atoms with van der Waals surface area (Å²) < 4.78 is 0. The Balaban J connectivity index is 2.24. The van der Waals surface area contributed by atoms with Crippen molar-refractivity contribution in [2.75, 3.05) is 18.1 Å². The summed E-state index contributed by atoms with van der Waals surface area (Å²) in [5.41, 5.74) is 2.85. The number of benzene rings is 1. The maximum absolute atomic E-state index is 5.18. The van der Waals surface area contributed by atoms with Crippen LogP contribution in [0.15, 0.2) is 24.3 Å². The van der Waals surface area contributed by atoms with E-state index in [2.05, 4.69) is 42.4 Å². The van der Waals surface area contributed by atoms with Gasteiger partial charge in [-0.25, -0.2) is 0 Å². The Morgan fingerprint density at radius 2 is 2.06 bits per heavy atom. The van der Waals surface area contributed by atoms with Crippen molar-refractivity contribution in [2.24, 2.45) is 0 Å². The van der Waals surface area contributed by atoms with Crippen molar-refractivity contribution < 1.29 is 0 Å². The van der Waals surface area contributed by atoms with Gasteiger partial charge in [0.25, 0.3) is 0 Å². The van der Waals surface area contributed by atoms with E-state index in [1.165, 1.54) is 11.1 Å². The van der Waals surface area contributed by atoms with Crippen LogP contribution in [-0.4, -0.2) is 18.1 Å². The van der Waals surface area contributed by atoms with Crippen LogP contribution in [0.25, 0.3) is 0 Å². The van der Waals surface area contributed by atoms with Gasteiger partial charge in [0.05, 0.1) is 5.75 Å². The lowest BCUT2D eigenvalue weighted by Crippen LogP contribution is -2.17. The number of rotatable bonds is 7. The Labute approximate surface area is 103 Å². The smallest absolute Gasteiger partial charge is 0.0545 e. The van der Waals surface area contributed by atoms with Gasteiger partial charge in [-0.1, -0.05) is 37.1 Å². The van der Waals surface area contributed by atoms with E-state index < -0.39 is 0 Å². The van der Waals surface area contributed by atoms with Crippen LogP contribution in [0.1, 0.15) is 18.1 Å². The molecule has 0 heterocycles. The summed E-state index contributed by atoms with van der Waals surface area (Å²) in [5.74, 6) is 4.52. The van der Waals surface area contributed by atoms with Crippen molar-refractivity contribution in [1.29, 1.82) is 0 Å². The lowest BCUT2D eigenvalue weighted by atomic mass is 10.1. The van der Waals surface area contributed by atoms with Crippen molar-refractivity contribution in [1.82, 2.24) is 5.32 Å². The van der Waals surface area contributed by atoms with Crippen molar-refractivity contribution >= 4 is 11.8 Å². The van der Waals surface area contributed by atoms with Gasteiger partial charge in [0.1, 0.15) is 0 Å². The molecule has 0 bridgehead atoms. The topological polar surface area (TPSA) is 12.0 Å². The quantitative estimate of drug-likeness (QED) is 0.574. The Bertz CT molecular complexity index is 341. The number of hydrogen-bond donors (Lipinski definition) is 1. The molecular weight excluding hydrogens is 214 g/mol. The van der Waals surface area contributed by atoms with E-state index in [9.17, 15) is 0 Å². The van der Waals surface area contributed by atoms with Gasteiger partial charge in [-0.05, 0) is 17.5 Å². The molecule has 0 aromatic heterocycles. The van der Waals surface area contributed by atoms with E-state index in [-0.39, 0.29) is 0 Å². The van der Waals surface area contributed by atoms with Crippen LogP contribution >= 0.6 is 11.8 Å². The zero-order valence-corrected chi connectivity index (χ0v) is 10.6. The molecular formula is C14H19NS. The molecule has 0 amide bonds. The third kappa shape index (κ3) is 4.74. The van der Waals surface area contributed by atoms with Gasteiger partial charge in [-0.15, -0.1) is 18.2 Å². The summed E-state index contributed by atoms with van der Waals surface area (Å²) in [4.78, 5) is 0. The van der Waals surface area contributed by atoms with E-state index in [0.29, 0.717) is 0 Å². The van der Waals surface area contributed by atoms with E-state index in [4.69, 9.17) is 6.42 Å². The van der Waals surface area contributed by atoms with Crippen molar-refractivity contribution in [2.45, 2.75) is 19.9 Å².